The summed E-state index contributed by atoms with van der Waals surface area (Å²) < 4.78 is 29.3. The summed E-state index contributed by atoms with van der Waals surface area (Å²) in [6.07, 6.45) is 1.98. The van der Waals surface area contributed by atoms with E-state index >= 15 is 0 Å². The molecule has 0 atom stereocenters. The van der Waals surface area contributed by atoms with Crippen LogP contribution in [-0.2, 0) is 21.2 Å². The van der Waals surface area contributed by atoms with Crippen LogP contribution in [0.4, 0.5) is 0 Å². The van der Waals surface area contributed by atoms with E-state index in [4.69, 9.17) is 0 Å². The van der Waals surface area contributed by atoms with Gasteiger partial charge in [0.25, 0.3) is 5.91 Å². The standard InChI is InChI=1S/C23H21Br2N3O3S/c24-20-8-6-19(7-9-20)16-26-27-23(29)17-28(15-14-18-4-2-1-3-5-18)32(30,31)22-12-10-21(25)11-13-22/h1-13,16H,14-15,17H2,(H,27,29)/b26-16-. The molecule has 0 radical (unpaired) electrons. The highest BCUT2D eigenvalue weighted by Crippen LogP contribution is 2.19. The molecule has 6 nitrogen and oxygen atoms in total. The fourth-order valence-electron chi connectivity index (χ4n) is 2.86. The molecule has 1 amide bonds. The molecule has 0 saturated carbocycles. The van der Waals surface area contributed by atoms with Gasteiger partial charge in [0.2, 0.25) is 10.0 Å². The normalized spacial score (nSPS) is 11.7. The molecule has 3 aromatic carbocycles. The Balaban J connectivity index is 1.72. The van der Waals surface area contributed by atoms with Gasteiger partial charge in [0.1, 0.15) is 0 Å². The van der Waals surface area contributed by atoms with Gasteiger partial charge in [0.15, 0.2) is 0 Å². The molecule has 3 rings (SSSR count). The third-order valence-corrected chi connectivity index (χ3v) is 7.45. The van der Waals surface area contributed by atoms with E-state index in [1.165, 1.54) is 22.7 Å². The topological polar surface area (TPSA) is 78.8 Å². The molecule has 0 saturated heterocycles. The van der Waals surface area contributed by atoms with E-state index in [0.29, 0.717) is 6.42 Å². The highest BCUT2D eigenvalue weighted by atomic mass is 79.9. The number of halogens is 2. The van der Waals surface area contributed by atoms with Gasteiger partial charge in [-0.25, -0.2) is 13.8 Å². The Labute approximate surface area is 204 Å². The number of rotatable bonds is 9. The summed E-state index contributed by atoms with van der Waals surface area (Å²) in [5.41, 5.74) is 4.20. The maximum Gasteiger partial charge on any atom is 0.255 e. The lowest BCUT2D eigenvalue weighted by atomic mass is 10.1. The van der Waals surface area contributed by atoms with E-state index in [-0.39, 0.29) is 18.0 Å². The summed E-state index contributed by atoms with van der Waals surface area (Å²) in [5.74, 6) is -0.521. The van der Waals surface area contributed by atoms with Gasteiger partial charge in [0.05, 0.1) is 17.7 Å². The lowest BCUT2D eigenvalue weighted by Gasteiger charge is -2.21. The summed E-state index contributed by atoms with van der Waals surface area (Å²) in [4.78, 5) is 12.6. The maximum atomic E-state index is 13.2. The predicted molar refractivity (Wildman–Crippen MR) is 133 cm³/mol. The summed E-state index contributed by atoms with van der Waals surface area (Å²) >= 11 is 6.67. The van der Waals surface area contributed by atoms with Crippen LogP contribution in [-0.4, -0.2) is 37.9 Å². The monoisotopic (exact) mass is 577 g/mol. The minimum Gasteiger partial charge on any atom is -0.272 e. The van der Waals surface area contributed by atoms with Gasteiger partial charge in [-0.05, 0) is 53.9 Å². The van der Waals surface area contributed by atoms with Gasteiger partial charge in [-0.1, -0.05) is 74.3 Å². The Morgan fingerprint density at radius 2 is 1.50 bits per heavy atom. The van der Waals surface area contributed by atoms with Crippen LogP contribution in [0.15, 0.2) is 97.8 Å². The Morgan fingerprint density at radius 3 is 2.12 bits per heavy atom. The van der Waals surface area contributed by atoms with Gasteiger partial charge < -0.3 is 0 Å². The predicted octanol–water partition coefficient (Wildman–Crippen LogP) is 4.60. The second-order valence-corrected chi connectivity index (χ2v) is 10.6. The van der Waals surface area contributed by atoms with Crippen molar-refractivity contribution in [3.05, 3.63) is 98.9 Å². The lowest BCUT2D eigenvalue weighted by Crippen LogP contribution is -2.40. The number of carbonyl (C=O) groups excluding carboxylic acids is 1. The molecule has 0 spiro atoms. The van der Waals surface area contributed by atoms with Crippen molar-refractivity contribution in [1.29, 1.82) is 0 Å². The lowest BCUT2D eigenvalue weighted by molar-refractivity contribution is -0.121. The molecule has 3 aromatic rings. The number of sulfonamides is 1. The van der Waals surface area contributed by atoms with E-state index in [2.05, 4.69) is 42.4 Å². The molecule has 32 heavy (non-hydrogen) atoms. The number of hydrazone groups is 1. The first kappa shape index (κ1) is 24.3. The van der Waals surface area contributed by atoms with Crippen LogP contribution < -0.4 is 5.43 Å². The fourth-order valence-corrected chi connectivity index (χ4v) is 4.79. The molecule has 0 unspecified atom stereocenters. The van der Waals surface area contributed by atoms with Gasteiger partial charge in [0, 0.05) is 15.5 Å². The number of carbonyl (C=O) groups is 1. The van der Waals surface area contributed by atoms with Gasteiger partial charge in [-0.15, -0.1) is 0 Å². The quantitative estimate of drug-likeness (QED) is 0.298. The molecule has 0 aromatic heterocycles. The van der Waals surface area contributed by atoms with Crippen LogP contribution in [0.25, 0.3) is 0 Å². The van der Waals surface area contributed by atoms with E-state index in [1.54, 1.807) is 12.1 Å². The van der Waals surface area contributed by atoms with Crippen molar-refractivity contribution >= 4 is 54.0 Å². The highest BCUT2D eigenvalue weighted by Gasteiger charge is 2.26. The maximum absolute atomic E-state index is 13.2. The summed E-state index contributed by atoms with van der Waals surface area (Å²) in [6.45, 7) is -0.185. The van der Waals surface area contributed by atoms with Crippen LogP contribution >= 0.6 is 31.9 Å². The first-order chi connectivity index (χ1) is 15.3. The molecule has 9 heteroatoms. The van der Waals surface area contributed by atoms with E-state index in [0.717, 1.165) is 20.1 Å². The summed E-state index contributed by atoms with van der Waals surface area (Å²) in [5, 5.41) is 3.94. The average Bonchev–Trinajstić information content (AvgIpc) is 2.79. The van der Waals surface area contributed by atoms with Crippen molar-refractivity contribution in [2.45, 2.75) is 11.3 Å². The molecule has 0 aliphatic rings. The number of hydrogen-bond donors (Lipinski definition) is 1. The summed E-state index contributed by atoms with van der Waals surface area (Å²) in [6, 6.07) is 23.3. The number of benzene rings is 3. The van der Waals surface area contributed by atoms with Crippen molar-refractivity contribution in [2.75, 3.05) is 13.1 Å². The largest absolute Gasteiger partial charge is 0.272 e. The molecular formula is C23H21Br2N3O3S. The smallest absolute Gasteiger partial charge is 0.255 e. The Hall–Kier alpha value is -2.33. The zero-order valence-corrected chi connectivity index (χ0v) is 21.0. The number of amides is 1. The highest BCUT2D eigenvalue weighted by molar-refractivity contribution is 9.10. The molecule has 0 heterocycles. The van der Waals surface area contributed by atoms with Crippen molar-refractivity contribution in [1.82, 2.24) is 9.73 Å². The van der Waals surface area contributed by atoms with Gasteiger partial charge in [-0.3, -0.25) is 4.79 Å². The van der Waals surface area contributed by atoms with E-state index in [9.17, 15) is 13.2 Å². The first-order valence-corrected chi connectivity index (χ1v) is 12.7. The zero-order chi connectivity index (χ0) is 23.0. The van der Waals surface area contributed by atoms with Crippen molar-refractivity contribution in [3.63, 3.8) is 0 Å². The third-order valence-electron chi connectivity index (χ3n) is 4.54. The summed E-state index contributed by atoms with van der Waals surface area (Å²) in [7, 11) is -3.87. The molecule has 0 fully saturated rings. The molecular weight excluding hydrogens is 558 g/mol. The zero-order valence-electron chi connectivity index (χ0n) is 17.0. The molecule has 166 valence electrons. The minimum atomic E-state index is -3.87. The Kier molecular flexibility index (Phi) is 8.75. The number of nitrogens with zero attached hydrogens (tertiary/aromatic N) is 2. The van der Waals surface area contributed by atoms with Gasteiger partial charge in [-0.2, -0.15) is 9.41 Å². The van der Waals surface area contributed by atoms with Crippen molar-refractivity contribution < 1.29 is 13.2 Å². The second-order valence-electron chi connectivity index (χ2n) is 6.87. The van der Waals surface area contributed by atoms with Crippen LogP contribution in [0.3, 0.4) is 0 Å². The first-order valence-electron chi connectivity index (χ1n) is 9.72. The van der Waals surface area contributed by atoms with E-state index < -0.39 is 15.9 Å². The van der Waals surface area contributed by atoms with Crippen LogP contribution in [0.2, 0.25) is 0 Å². The fraction of sp³-hybridized carbons (Fsp3) is 0.130. The van der Waals surface area contributed by atoms with Gasteiger partial charge >= 0.3 is 0 Å². The SMILES string of the molecule is O=C(CN(CCc1ccccc1)S(=O)(=O)c1ccc(Br)cc1)N/N=C\c1ccc(Br)cc1. The Morgan fingerprint density at radius 1 is 0.906 bits per heavy atom. The molecule has 0 aliphatic carbocycles. The molecule has 0 bridgehead atoms. The Bertz CT molecular complexity index is 1170. The van der Waals surface area contributed by atoms with E-state index in [1.807, 2.05) is 54.6 Å². The minimum absolute atomic E-state index is 0.125. The third kappa shape index (κ3) is 7.09. The number of hydrogen-bond acceptors (Lipinski definition) is 4. The molecule has 0 aliphatic heterocycles. The van der Waals surface area contributed by atoms with Crippen molar-refractivity contribution in [3.8, 4) is 0 Å². The van der Waals surface area contributed by atoms with Crippen LogP contribution in [0.1, 0.15) is 11.1 Å². The van der Waals surface area contributed by atoms with Crippen LogP contribution in [0, 0.1) is 0 Å². The number of nitrogens with one attached hydrogen (secondary N) is 1. The van der Waals surface area contributed by atoms with Crippen LogP contribution in [0.5, 0.6) is 0 Å². The van der Waals surface area contributed by atoms with Crippen molar-refractivity contribution in [2.24, 2.45) is 5.10 Å². The second kappa shape index (κ2) is 11.5. The molecule has 1 N–H and O–H groups in total. The average molecular weight is 579 g/mol.